The lowest BCUT2D eigenvalue weighted by Crippen LogP contribution is -2.51. The van der Waals surface area contributed by atoms with Gasteiger partial charge in [-0.2, -0.15) is 0 Å². The second-order valence-electron chi connectivity index (χ2n) is 7.22. The molecular weight excluding hydrogens is 370 g/mol. The Hall–Kier alpha value is -2.60. The fourth-order valence-electron chi connectivity index (χ4n) is 3.36. The molecule has 1 saturated carbocycles. The van der Waals surface area contributed by atoms with Crippen LogP contribution in [0.2, 0.25) is 0 Å². The van der Waals surface area contributed by atoms with Crippen molar-refractivity contribution in [1.82, 2.24) is 16.2 Å². The van der Waals surface area contributed by atoms with Crippen molar-refractivity contribution in [1.29, 1.82) is 0 Å². The van der Waals surface area contributed by atoms with Crippen LogP contribution in [0.5, 0.6) is 5.75 Å². The maximum absolute atomic E-state index is 12.3. The van der Waals surface area contributed by atoms with Gasteiger partial charge in [-0.05, 0) is 60.8 Å². The molecule has 2 aromatic rings. The Morgan fingerprint density at radius 2 is 1.75 bits per heavy atom. The second kappa shape index (κ2) is 10.1. The molecule has 0 unspecified atom stereocenters. The lowest BCUT2D eigenvalue weighted by atomic mass is 9.86. The van der Waals surface area contributed by atoms with E-state index in [-0.39, 0.29) is 5.91 Å². The first-order chi connectivity index (χ1) is 13.6. The van der Waals surface area contributed by atoms with Crippen LogP contribution in [0.3, 0.4) is 0 Å². The lowest BCUT2D eigenvalue weighted by molar-refractivity contribution is 0.0943. The molecule has 148 valence electrons. The molecule has 3 rings (SSSR count). The molecule has 0 spiro atoms. The van der Waals surface area contributed by atoms with E-state index in [9.17, 15) is 4.79 Å². The number of benzene rings is 2. The van der Waals surface area contributed by atoms with E-state index in [4.69, 9.17) is 17.0 Å². The molecule has 28 heavy (non-hydrogen) atoms. The molecule has 1 aliphatic carbocycles. The molecule has 0 saturated heterocycles. The van der Waals surface area contributed by atoms with Crippen molar-refractivity contribution in [2.45, 2.75) is 45.3 Å². The summed E-state index contributed by atoms with van der Waals surface area (Å²) in [4.78, 5) is 12.3. The van der Waals surface area contributed by atoms with E-state index >= 15 is 0 Å². The van der Waals surface area contributed by atoms with Gasteiger partial charge in [-0.15, -0.1) is 0 Å². The number of carbonyl (C=O) groups excluding carboxylic acids is 1. The summed E-state index contributed by atoms with van der Waals surface area (Å²) >= 11 is 5.30. The predicted molar refractivity (Wildman–Crippen MR) is 115 cm³/mol. The van der Waals surface area contributed by atoms with Gasteiger partial charge in [0.05, 0.1) is 0 Å². The van der Waals surface area contributed by atoms with E-state index in [1.807, 2.05) is 42.5 Å². The van der Waals surface area contributed by atoms with Crippen LogP contribution >= 0.6 is 12.2 Å². The SMILES string of the molecule is C[C@H]1CCCC[C@@H]1NC(=S)NNC(=O)c1ccc(COc2ccccc2)cc1. The largest absolute Gasteiger partial charge is 0.489 e. The van der Waals surface area contributed by atoms with E-state index in [1.54, 1.807) is 12.1 Å². The Labute approximate surface area is 171 Å². The molecule has 1 aliphatic rings. The number of hydrazine groups is 1. The van der Waals surface area contributed by atoms with Crippen LogP contribution < -0.4 is 20.9 Å². The number of hydrogen-bond donors (Lipinski definition) is 3. The topological polar surface area (TPSA) is 62.4 Å². The summed E-state index contributed by atoms with van der Waals surface area (Å²) in [6.45, 7) is 2.69. The number of thiocarbonyl (C=S) groups is 1. The molecule has 6 heteroatoms. The molecule has 0 radical (unpaired) electrons. The zero-order chi connectivity index (χ0) is 19.8. The maximum Gasteiger partial charge on any atom is 0.269 e. The van der Waals surface area contributed by atoms with Gasteiger partial charge in [0.1, 0.15) is 12.4 Å². The van der Waals surface area contributed by atoms with E-state index in [2.05, 4.69) is 23.1 Å². The highest BCUT2D eigenvalue weighted by Crippen LogP contribution is 2.23. The Morgan fingerprint density at radius 1 is 1.04 bits per heavy atom. The average molecular weight is 398 g/mol. The summed E-state index contributed by atoms with van der Waals surface area (Å²) in [7, 11) is 0. The highest BCUT2D eigenvalue weighted by atomic mass is 32.1. The normalized spacial score (nSPS) is 18.8. The summed E-state index contributed by atoms with van der Waals surface area (Å²) in [5.74, 6) is 1.19. The van der Waals surface area contributed by atoms with Gasteiger partial charge < -0.3 is 10.1 Å². The standard InChI is InChI=1S/C22H27N3O2S/c1-16-7-5-6-10-20(16)23-22(28)25-24-21(26)18-13-11-17(12-14-18)15-27-19-8-3-2-4-9-19/h2-4,8-9,11-14,16,20H,5-7,10,15H2,1H3,(H,24,26)(H2,23,25,28)/t16-,20-/m0/s1. The fraction of sp³-hybridized carbons (Fsp3) is 0.364. The number of nitrogens with one attached hydrogen (secondary N) is 3. The monoisotopic (exact) mass is 397 g/mol. The van der Waals surface area contributed by atoms with Crippen LogP contribution in [0, 0.1) is 5.92 Å². The molecule has 0 heterocycles. The number of ether oxygens (including phenoxy) is 1. The molecule has 1 fully saturated rings. The summed E-state index contributed by atoms with van der Waals surface area (Å²) < 4.78 is 5.71. The van der Waals surface area contributed by atoms with Crippen LogP contribution in [0.25, 0.3) is 0 Å². The summed E-state index contributed by atoms with van der Waals surface area (Å²) in [5.41, 5.74) is 7.02. The quantitative estimate of drug-likeness (QED) is 0.527. The van der Waals surface area contributed by atoms with Crippen molar-refractivity contribution >= 4 is 23.2 Å². The van der Waals surface area contributed by atoms with Crippen molar-refractivity contribution in [3.05, 3.63) is 65.7 Å². The Bertz CT molecular complexity index is 780. The van der Waals surface area contributed by atoms with Gasteiger partial charge >= 0.3 is 0 Å². The molecule has 5 nitrogen and oxygen atoms in total. The molecule has 0 bridgehead atoms. The number of rotatable bonds is 5. The van der Waals surface area contributed by atoms with Gasteiger partial charge in [0.15, 0.2) is 5.11 Å². The lowest BCUT2D eigenvalue weighted by Gasteiger charge is -2.30. The van der Waals surface area contributed by atoms with Gasteiger partial charge in [0.2, 0.25) is 0 Å². The van der Waals surface area contributed by atoms with E-state index in [1.165, 1.54) is 19.3 Å². The molecule has 2 atom stereocenters. The predicted octanol–water partition coefficient (Wildman–Crippen LogP) is 3.95. The minimum absolute atomic E-state index is 0.226. The molecule has 3 N–H and O–H groups in total. The third kappa shape index (κ3) is 5.96. The van der Waals surface area contributed by atoms with Crippen LogP contribution in [0.4, 0.5) is 0 Å². The van der Waals surface area contributed by atoms with Gasteiger partial charge in [-0.25, -0.2) is 0 Å². The summed E-state index contributed by atoms with van der Waals surface area (Å²) in [6.07, 6.45) is 4.83. The number of para-hydroxylation sites is 1. The van der Waals surface area contributed by atoms with Crippen LogP contribution in [0.15, 0.2) is 54.6 Å². The summed E-state index contributed by atoms with van der Waals surface area (Å²) in [6, 6.07) is 17.3. The van der Waals surface area contributed by atoms with Gasteiger partial charge in [-0.1, -0.05) is 50.1 Å². The average Bonchev–Trinajstić information content (AvgIpc) is 2.73. The molecule has 2 aromatic carbocycles. The van der Waals surface area contributed by atoms with Crippen LogP contribution in [0.1, 0.15) is 48.5 Å². The Kier molecular flexibility index (Phi) is 7.25. The first-order valence-corrected chi connectivity index (χ1v) is 10.2. The third-order valence-corrected chi connectivity index (χ3v) is 5.30. The fourth-order valence-corrected chi connectivity index (χ4v) is 3.56. The van der Waals surface area contributed by atoms with Crippen LogP contribution in [-0.4, -0.2) is 17.1 Å². The molecular formula is C22H27N3O2S. The van der Waals surface area contributed by atoms with Gasteiger partial charge in [0.25, 0.3) is 5.91 Å². The zero-order valence-corrected chi connectivity index (χ0v) is 16.9. The van der Waals surface area contributed by atoms with Crippen molar-refractivity contribution in [3.63, 3.8) is 0 Å². The van der Waals surface area contributed by atoms with Crippen molar-refractivity contribution < 1.29 is 9.53 Å². The number of amides is 1. The number of hydrogen-bond acceptors (Lipinski definition) is 3. The first-order valence-electron chi connectivity index (χ1n) is 9.75. The first kappa shape index (κ1) is 20.1. The third-order valence-electron chi connectivity index (χ3n) is 5.08. The van der Waals surface area contributed by atoms with Gasteiger partial charge in [0, 0.05) is 11.6 Å². The molecule has 0 aromatic heterocycles. The Balaban J connectivity index is 1.43. The number of carbonyl (C=O) groups is 1. The summed E-state index contributed by atoms with van der Waals surface area (Å²) in [5, 5.41) is 3.76. The highest BCUT2D eigenvalue weighted by molar-refractivity contribution is 7.80. The molecule has 0 aliphatic heterocycles. The van der Waals surface area contributed by atoms with Gasteiger partial charge in [-0.3, -0.25) is 15.6 Å². The van der Waals surface area contributed by atoms with E-state index in [0.29, 0.717) is 29.2 Å². The van der Waals surface area contributed by atoms with E-state index in [0.717, 1.165) is 17.7 Å². The zero-order valence-electron chi connectivity index (χ0n) is 16.1. The molecule has 1 amide bonds. The minimum Gasteiger partial charge on any atom is -0.489 e. The van der Waals surface area contributed by atoms with Crippen molar-refractivity contribution in [2.75, 3.05) is 0 Å². The van der Waals surface area contributed by atoms with E-state index < -0.39 is 0 Å². The van der Waals surface area contributed by atoms with Crippen molar-refractivity contribution in [2.24, 2.45) is 5.92 Å². The van der Waals surface area contributed by atoms with Crippen molar-refractivity contribution in [3.8, 4) is 5.75 Å². The maximum atomic E-state index is 12.3. The Morgan fingerprint density at radius 3 is 2.46 bits per heavy atom. The van der Waals surface area contributed by atoms with Crippen LogP contribution in [-0.2, 0) is 6.61 Å². The second-order valence-corrected chi connectivity index (χ2v) is 7.63. The minimum atomic E-state index is -0.226. The smallest absolute Gasteiger partial charge is 0.269 e. The highest BCUT2D eigenvalue weighted by Gasteiger charge is 2.21.